The second-order valence-electron chi connectivity index (χ2n) is 14.8. The van der Waals surface area contributed by atoms with Crippen LogP contribution >= 0.6 is 0 Å². The molecule has 0 saturated carbocycles. The van der Waals surface area contributed by atoms with Crippen molar-refractivity contribution < 1.29 is 9.47 Å². The van der Waals surface area contributed by atoms with Crippen LogP contribution in [0.3, 0.4) is 0 Å². The normalized spacial score (nSPS) is 20.8. The molecule has 2 aliphatic rings. The molecule has 2 aliphatic carbocycles. The second-order valence-corrected chi connectivity index (χ2v) is 14.8. The first-order chi connectivity index (χ1) is 18.1. The fourth-order valence-corrected chi connectivity index (χ4v) is 6.60. The van der Waals surface area contributed by atoms with Crippen LogP contribution in [0.5, 0.6) is 5.75 Å². The number of rotatable bonds is 5. The first-order valence-corrected chi connectivity index (χ1v) is 14.5. The molecule has 3 unspecified atom stereocenters. The molecule has 4 rings (SSSR count). The van der Waals surface area contributed by atoms with E-state index in [9.17, 15) is 0 Å². The van der Waals surface area contributed by atoms with Gasteiger partial charge in [0.25, 0.3) is 0 Å². The highest BCUT2D eigenvalue weighted by atomic mass is 16.7. The minimum atomic E-state index is -0.0913. The molecule has 3 atom stereocenters. The van der Waals surface area contributed by atoms with Gasteiger partial charge < -0.3 is 9.47 Å². The van der Waals surface area contributed by atoms with Gasteiger partial charge in [-0.25, -0.2) is 0 Å². The smallest absolute Gasteiger partial charge is 0.188 e. The molecule has 0 aliphatic heterocycles. The Morgan fingerprint density at radius 3 is 2.00 bits per heavy atom. The lowest BCUT2D eigenvalue weighted by Gasteiger charge is -2.38. The van der Waals surface area contributed by atoms with Crippen molar-refractivity contribution in [2.45, 2.75) is 98.8 Å². The Balaban J connectivity index is 2.08. The minimum absolute atomic E-state index is 0.00145. The van der Waals surface area contributed by atoms with Gasteiger partial charge in [-0.1, -0.05) is 122 Å². The first kappa shape index (κ1) is 29.4. The van der Waals surface area contributed by atoms with Crippen LogP contribution in [0, 0.1) is 11.3 Å². The Labute approximate surface area is 238 Å². The third-order valence-electron chi connectivity index (χ3n) is 8.48. The van der Waals surface area contributed by atoms with Crippen molar-refractivity contribution in [1.82, 2.24) is 0 Å². The Morgan fingerprint density at radius 2 is 1.46 bits per heavy atom. The Morgan fingerprint density at radius 1 is 0.821 bits per heavy atom. The van der Waals surface area contributed by atoms with Crippen molar-refractivity contribution in [2.24, 2.45) is 11.3 Å². The number of hydrogen-bond donors (Lipinski definition) is 0. The van der Waals surface area contributed by atoms with Gasteiger partial charge in [-0.2, -0.15) is 0 Å². The number of ether oxygens (including phenoxy) is 2. The van der Waals surface area contributed by atoms with Crippen LogP contribution in [0.4, 0.5) is 0 Å². The molecule has 0 radical (unpaired) electrons. The molecule has 0 fully saturated rings. The summed E-state index contributed by atoms with van der Waals surface area (Å²) >= 11 is 0. The predicted molar refractivity (Wildman–Crippen MR) is 167 cm³/mol. The second kappa shape index (κ2) is 10.4. The van der Waals surface area contributed by atoms with Crippen molar-refractivity contribution in [3.63, 3.8) is 0 Å². The van der Waals surface area contributed by atoms with E-state index in [4.69, 9.17) is 9.47 Å². The molecule has 210 valence electrons. The molecular formula is C37H50O2. The lowest BCUT2D eigenvalue weighted by atomic mass is 9.65. The topological polar surface area (TPSA) is 18.5 Å². The van der Waals surface area contributed by atoms with E-state index in [1.807, 2.05) is 0 Å². The monoisotopic (exact) mass is 526 g/mol. The highest BCUT2D eigenvalue weighted by Crippen LogP contribution is 2.61. The van der Waals surface area contributed by atoms with Crippen molar-refractivity contribution >= 4 is 5.57 Å². The summed E-state index contributed by atoms with van der Waals surface area (Å²) < 4.78 is 12.0. The highest BCUT2D eigenvalue weighted by Gasteiger charge is 2.47. The number of allylic oxidation sites excluding steroid dienone is 6. The number of hydrogen-bond acceptors (Lipinski definition) is 2. The third-order valence-corrected chi connectivity index (χ3v) is 8.48. The first-order valence-electron chi connectivity index (χ1n) is 14.5. The van der Waals surface area contributed by atoms with E-state index < -0.39 is 0 Å². The van der Waals surface area contributed by atoms with E-state index in [1.165, 1.54) is 44.5 Å². The summed E-state index contributed by atoms with van der Waals surface area (Å²) in [7, 11) is 1.70. The zero-order chi connectivity index (χ0) is 28.9. The Bertz CT molecular complexity index is 1310. The Kier molecular flexibility index (Phi) is 7.87. The summed E-state index contributed by atoms with van der Waals surface area (Å²) in [5.74, 6) is 1.93. The van der Waals surface area contributed by atoms with E-state index >= 15 is 0 Å². The van der Waals surface area contributed by atoms with Gasteiger partial charge in [-0.3, -0.25) is 0 Å². The zero-order valence-corrected chi connectivity index (χ0v) is 26.5. The van der Waals surface area contributed by atoms with E-state index in [0.717, 1.165) is 5.75 Å². The van der Waals surface area contributed by atoms with E-state index in [2.05, 4.69) is 131 Å². The van der Waals surface area contributed by atoms with Crippen LogP contribution in [0.15, 0.2) is 65.8 Å². The van der Waals surface area contributed by atoms with Crippen LogP contribution in [0.2, 0.25) is 0 Å². The van der Waals surface area contributed by atoms with Crippen LogP contribution < -0.4 is 4.74 Å². The summed E-state index contributed by atoms with van der Waals surface area (Å²) in [6.07, 6.45) is 7.10. The van der Waals surface area contributed by atoms with Crippen molar-refractivity contribution in [3.8, 4) is 5.75 Å². The van der Waals surface area contributed by atoms with Crippen LogP contribution in [0.1, 0.15) is 116 Å². The minimum Gasteiger partial charge on any atom is -0.467 e. The molecular weight excluding hydrogens is 476 g/mol. The molecule has 0 amide bonds. The average molecular weight is 527 g/mol. The zero-order valence-electron chi connectivity index (χ0n) is 26.5. The van der Waals surface area contributed by atoms with Gasteiger partial charge in [0.1, 0.15) is 5.75 Å². The summed E-state index contributed by atoms with van der Waals surface area (Å²) in [4.78, 5) is 0. The molecule has 2 aromatic rings. The number of benzene rings is 2. The molecule has 0 bridgehead atoms. The number of methoxy groups -OCH3 is 1. The van der Waals surface area contributed by atoms with Gasteiger partial charge in [0.05, 0.1) is 0 Å². The van der Waals surface area contributed by atoms with Crippen LogP contribution in [-0.4, -0.2) is 13.9 Å². The average Bonchev–Trinajstić information content (AvgIpc) is 3.15. The summed E-state index contributed by atoms with van der Waals surface area (Å²) in [5.41, 5.74) is 10.9. The fraction of sp³-hybridized carbons (Fsp3) is 0.514. The molecule has 2 heteroatoms. The Hall–Kier alpha value is -2.58. The third kappa shape index (κ3) is 5.55. The van der Waals surface area contributed by atoms with Gasteiger partial charge in [0.15, 0.2) is 6.79 Å². The number of fused-ring (bicyclic) bond motifs is 3. The predicted octanol–water partition coefficient (Wildman–Crippen LogP) is 10.1. The largest absolute Gasteiger partial charge is 0.467 e. The van der Waals surface area contributed by atoms with E-state index in [-0.39, 0.29) is 29.0 Å². The van der Waals surface area contributed by atoms with Crippen LogP contribution in [-0.2, 0) is 15.6 Å². The van der Waals surface area contributed by atoms with E-state index in [1.54, 1.807) is 7.11 Å². The lowest BCUT2D eigenvalue weighted by Crippen LogP contribution is -2.26. The van der Waals surface area contributed by atoms with E-state index in [0.29, 0.717) is 11.8 Å². The fourth-order valence-electron chi connectivity index (χ4n) is 6.60. The van der Waals surface area contributed by atoms with Gasteiger partial charge in [-0.15, -0.1) is 0 Å². The highest BCUT2D eigenvalue weighted by molar-refractivity contribution is 5.82. The standard InChI is InChI=1S/C37H50O2/c1-23(2)31(28-20-24(35(3,4)5)21-30(37(9,10)11)34(28)39-22-38-12)33-27-17-14-13-16-25(27)26-18-15-19-29(32(26)33)36(6,7)8/h13-21,26,32-33H,22H2,1-12H3. The molecule has 2 aromatic carbocycles. The quantitative estimate of drug-likeness (QED) is 0.361. The summed E-state index contributed by atoms with van der Waals surface area (Å²) in [6.45, 7) is 25.7. The SMILES string of the molecule is COCOc1c(C(=C(C)C)C2c3ccccc3C3C=CC=C(C(C)(C)C)C32)cc(C(C)(C)C)cc1C(C)(C)C. The van der Waals surface area contributed by atoms with Gasteiger partial charge in [-0.05, 0) is 58.4 Å². The maximum absolute atomic E-state index is 6.54. The van der Waals surface area contributed by atoms with Crippen LogP contribution in [0.25, 0.3) is 5.57 Å². The van der Waals surface area contributed by atoms with Gasteiger partial charge >= 0.3 is 0 Å². The molecule has 0 N–H and O–H groups in total. The molecule has 39 heavy (non-hydrogen) atoms. The molecule has 0 heterocycles. The van der Waals surface area contributed by atoms with Crippen molar-refractivity contribution in [3.05, 3.63) is 93.6 Å². The molecule has 2 nitrogen and oxygen atoms in total. The van der Waals surface area contributed by atoms with Gasteiger partial charge in [0.2, 0.25) is 0 Å². The maximum atomic E-state index is 6.54. The van der Waals surface area contributed by atoms with Crippen molar-refractivity contribution in [1.29, 1.82) is 0 Å². The molecule has 0 aromatic heterocycles. The lowest BCUT2D eigenvalue weighted by molar-refractivity contribution is 0.0495. The molecule has 0 spiro atoms. The van der Waals surface area contributed by atoms with Gasteiger partial charge in [0, 0.05) is 36.0 Å². The summed E-state index contributed by atoms with van der Waals surface area (Å²) in [6, 6.07) is 13.9. The van der Waals surface area contributed by atoms with Crippen molar-refractivity contribution in [2.75, 3.05) is 13.9 Å². The maximum Gasteiger partial charge on any atom is 0.188 e. The molecule has 0 saturated heterocycles. The summed E-state index contributed by atoms with van der Waals surface area (Å²) in [5, 5.41) is 0.